The minimum absolute atomic E-state index is 0.175. The number of aliphatic carboxylic acids is 1. The van der Waals surface area contributed by atoms with Crippen LogP contribution in [0.15, 0.2) is 40.8 Å². The van der Waals surface area contributed by atoms with Gasteiger partial charge in [0.05, 0.1) is 5.92 Å². The molecule has 0 aliphatic carbocycles. The summed E-state index contributed by atoms with van der Waals surface area (Å²) in [4.78, 5) is 24.8. The highest BCUT2D eigenvalue weighted by atomic mass is 16.4. The summed E-state index contributed by atoms with van der Waals surface area (Å²) in [6.45, 7) is 0.881. The van der Waals surface area contributed by atoms with E-state index < -0.39 is 11.9 Å². The largest absolute Gasteiger partial charge is 0.481 e. The number of furan rings is 1. The minimum Gasteiger partial charge on any atom is -0.481 e. The van der Waals surface area contributed by atoms with Gasteiger partial charge >= 0.3 is 5.97 Å². The normalized spacial score (nSPS) is 18.9. The summed E-state index contributed by atoms with van der Waals surface area (Å²) in [6, 6.07) is 9.51. The van der Waals surface area contributed by atoms with Crippen LogP contribution in [-0.2, 0) is 9.59 Å². The van der Waals surface area contributed by atoms with Crippen molar-refractivity contribution < 1.29 is 19.1 Å². The fraction of sp³-hybridized carbons (Fsp3) is 0.294. The number of amides is 1. The first-order chi connectivity index (χ1) is 10.6. The molecule has 1 aromatic heterocycles. The van der Waals surface area contributed by atoms with Gasteiger partial charge in [0.25, 0.3) is 0 Å². The topological polar surface area (TPSA) is 70.8 Å². The number of rotatable bonds is 3. The van der Waals surface area contributed by atoms with Gasteiger partial charge in [-0.2, -0.15) is 0 Å². The number of para-hydroxylation sites is 1. The molecular weight excluding hydrogens is 282 g/mol. The van der Waals surface area contributed by atoms with E-state index in [0.717, 1.165) is 17.4 Å². The van der Waals surface area contributed by atoms with Crippen LogP contribution in [-0.4, -0.2) is 35.0 Å². The fourth-order valence-corrected chi connectivity index (χ4v) is 2.72. The molecule has 1 aliphatic heterocycles. The number of carbonyl (C=O) groups excluding carboxylic acids is 1. The third kappa shape index (κ3) is 3.03. The number of hydrogen-bond acceptors (Lipinski definition) is 3. The molecule has 2 aromatic rings. The van der Waals surface area contributed by atoms with Gasteiger partial charge in [0.1, 0.15) is 11.3 Å². The molecule has 2 heterocycles. The first-order valence-corrected chi connectivity index (χ1v) is 7.32. The van der Waals surface area contributed by atoms with Crippen molar-refractivity contribution in [3.63, 3.8) is 0 Å². The predicted octanol–water partition coefficient (Wildman–Crippen LogP) is 2.77. The van der Waals surface area contributed by atoms with Crippen molar-refractivity contribution in [1.82, 2.24) is 4.90 Å². The van der Waals surface area contributed by atoms with Gasteiger partial charge in [-0.1, -0.05) is 18.2 Å². The number of likely N-dealkylation sites (tertiary alicyclic amines) is 1. The van der Waals surface area contributed by atoms with Crippen LogP contribution < -0.4 is 0 Å². The molecule has 3 rings (SSSR count). The number of piperidine rings is 1. The Labute approximate surface area is 127 Å². The van der Waals surface area contributed by atoms with Crippen molar-refractivity contribution in [3.05, 3.63) is 42.2 Å². The zero-order chi connectivity index (χ0) is 15.5. The Morgan fingerprint density at radius 3 is 2.91 bits per heavy atom. The van der Waals surface area contributed by atoms with Gasteiger partial charge in [-0.3, -0.25) is 9.59 Å². The summed E-state index contributed by atoms with van der Waals surface area (Å²) in [7, 11) is 0. The second-order valence-electron chi connectivity index (χ2n) is 5.48. The molecule has 0 spiro atoms. The molecule has 0 saturated carbocycles. The Hall–Kier alpha value is -2.56. The van der Waals surface area contributed by atoms with Crippen molar-refractivity contribution in [2.45, 2.75) is 12.8 Å². The summed E-state index contributed by atoms with van der Waals surface area (Å²) < 4.78 is 5.61. The molecule has 1 unspecified atom stereocenters. The lowest BCUT2D eigenvalue weighted by atomic mass is 9.98. The number of carboxylic acid groups (broad SMARTS) is 1. The first kappa shape index (κ1) is 14.4. The highest BCUT2D eigenvalue weighted by molar-refractivity contribution is 5.92. The van der Waals surface area contributed by atoms with E-state index in [1.165, 1.54) is 6.08 Å². The monoisotopic (exact) mass is 299 g/mol. The van der Waals surface area contributed by atoms with Crippen LogP contribution >= 0.6 is 0 Å². The van der Waals surface area contributed by atoms with Crippen LogP contribution in [0.2, 0.25) is 0 Å². The van der Waals surface area contributed by atoms with Crippen LogP contribution in [0.4, 0.5) is 0 Å². The lowest BCUT2D eigenvalue weighted by molar-refractivity contribution is -0.144. The third-order valence-electron chi connectivity index (χ3n) is 3.92. The molecule has 1 saturated heterocycles. The lowest BCUT2D eigenvalue weighted by Gasteiger charge is -2.29. The van der Waals surface area contributed by atoms with E-state index in [4.69, 9.17) is 9.52 Å². The Balaban J connectivity index is 1.69. The average molecular weight is 299 g/mol. The molecule has 1 N–H and O–H groups in total. The molecule has 0 radical (unpaired) electrons. The van der Waals surface area contributed by atoms with Crippen LogP contribution in [0.3, 0.4) is 0 Å². The van der Waals surface area contributed by atoms with Crippen LogP contribution in [0.25, 0.3) is 17.0 Å². The van der Waals surface area contributed by atoms with E-state index in [9.17, 15) is 9.59 Å². The predicted molar refractivity (Wildman–Crippen MR) is 82.2 cm³/mol. The molecule has 1 aliphatic rings. The van der Waals surface area contributed by atoms with Gasteiger partial charge in [0.15, 0.2) is 0 Å². The molecule has 1 atom stereocenters. The zero-order valence-corrected chi connectivity index (χ0v) is 12.1. The second-order valence-corrected chi connectivity index (χ2v) is 5.48. The van der Waals surface area contributed by atoms with E-state index >= 15 is 0 Å². The van der Waals surface area contributed by atoms with E-state index in [1.54, 1.807) is 11.0 Å². The number of carbonyl (C=O) groups is 2. The molecule has 1 amide bonds. The van der Waals surface area contributed by atoms with Gasteiger partial charge in [0.2, 0.25) is 5.91 Å². The molecule has 0 bridgehead atoms. The van der Waals surface area contributed by atoms with Gasteiger partial charge in [-0.15, -0.1) is 0 Å². The van der Waals surface area contributed by atoms with Crippen molar-refractivity contribution in [3.8, 4) is 0 Å². The van der Waals surface area contributed by atoms with Crippen LogP contribution in [0, 0.1) is 5.92 Å². The highest BCUT2D eigenvalue weighted by Gasteiger charge is 2.27. The fourth-order valence-electron chi connectivity index (χ4n) is 2.72. The summed E-state index contributed by atoms with van der Waals surface area (Å²) in [5, 5.41) is 10.0. The highest BCUT2D eigenvalue weighted by Crippen LogP contribution is 2.20. The van der Waals surface area contributed by atoms with Gasteiger partial charge in [0, 0.05) is 24.6 Å². The number of hydrogen-bond donors (Lipinski definition) is 1. The smallest absolute Gasteiger partial charge is 0.308 e. The standard InChI is InChI=1S/C17H17NO4/c19-16(18-9-3-5-13(11-18)17(20)21)8-7-14-10-12-4-1-2-6-15(12)22-14/h1-2,4,6-8,10,13H,3,5,9,11H2,(H,20,21)/b8-7+. The number of carboxylic acids is 1. The molecule has 1 fully saturated rings. The van der Waals surface area contributed by atoms with E-state index in [0.29, 0.717) is 18.7 Å². The van der Waals surface area contributed by atoms with Gasteiger partial charge in [-0.25, -0.2) is 0 Å². The Kier molecular flexibility index (Phi) is 3.96. The molecular formula is C17H17NO4. The molecule has 22 heavy (non-hydrogen) atoms. The molecule has 5 heteroatoms. The number of fused-ring (bicyclic) bond motifs is 1. The Morgan fingerprint density at radius 1 is 1.32 bits per heavy atom. The van der Waals surface area contributed by atoms with E-state index in [2.05, 4.69) is 0 Å². The number of nitrogens with zero attached hydrogens (tertiary/aromatic N) is 1. The van der Waals surface area contributed by atoms with E-state index in [1.807, 2.05) is 30.3 Å². The van der Waals surface area contributed by atoms with Gasteiger partial charge in [-0.05, 0) is 31.1 Å². The molecule has 5 nitrogen and oxygen atoms in total. The second kappa shape index (κ2) is 6.05. The van der Waals surface area contributed by atoms with Crippen molar-refractivity contribution in [2.24, 2.45) is 5.92 Å². The van der Waals surface area contributed by atoms with Gasteiger partial charge < -0.3 is 14.4 Å². The summed E-state index contributed by atoms with van der Waals surface area (Å²) in [5.74, 6) is -0.858. The maximum absolute atomic E-state index is 12.2. The quantitative estimate of drug-likeness (QED) is 0.885. The van der Waals surface area contributed by atoms with Crippen LogP contribution in [0.1, 0.15) is 18.6 Å². The van der Waals surface area contributed by atoms with Crippen molar-refractivity contribution in [1.29, 1.82) is 0 Å². The SMILES string of the molecule is O=C(O)C1CCCN(C(=O)/C=C/c2cc3ccccc3o2)C1. The van der Waals surface area contributed by atoms with Crippen molar-refractivity contribution >= 4 is 28.9 Å². The average Bonchev–Trinajstić information content (AvgIpc) is 2.95. The Bertz CT molecular complexity index is 698. The summed E-state index contributed by atoms with van der Waals surface area (Å²) >= 11 is 0. The maximum Gasteiger partial charge on any atom is 0.308 e. The maximum atomic E-state index is 12.2. The number of benzene rings is 1. The van der Waals surface area contributed by atoms with Crippen LogP contribution in [0.5, 0.6) is 0 Å². The first-order valence-electron chi connectivity index (χ1n) is 7.32. The lowest BCUT2D eigenvalue weighted by Crippen LogP contribution is -2.41. The summed E-state index contributed by atoms with van der Waals surface area (Å²) in [5.41, 5.74) is 0.776. The minimum atomic E-state index is -0.834. The molecule has 1 aromatic carbocycles. The van der Waals surface area contributed by atoms with Crippen molar-refractivity contribution in [2.75, 3.05) is 13.1 Å². The summed E-state index contributed by atoms with van der Waals surface area (Å²) in [6.07, 6.45) is 4.43. The third-order valence-corrected chi connectivity index (χ3v) is 3.92. The molecule has 114 valence electrons. The van der Waals surface area contributed by atoms with E-state index in [-0.39, 0.29) is 12.5 Å². The zero-order valence-electron chi connectivity index (χ0n) is 12.1. The Morgan fingerprint density at radius 2 is 2.14 bits per heavy atom.